The van der Waals surface area contributed by atoms with E-state index in [1.54, 1.807) is 7.05 Å². The predicted octanol–water partition coefficient (Wildman–Crippen LogP) is 1.55. The Bertz CT molecular complexity index is 808. The summed E-state index contributed by atoms with van der Waals surface area (Å²) >= 11 is 0. The molecule has 1 N–H and O–H groups in total. The molecule has 0 spiro atoms. The standard InChI is InChI=1S/C17H21N7O/c1-11-8-12(2)21-17(20-11)24-6-4-13(5-7-24)16(25)22-15-14(9-18)10-19-23(15)3/h8,10,13H,4-7H2,1-3H3,(H,22,25). The van der Waals surface area contributed by atoms with Crippen LogP contribution in [-0.4, -0.2) is 38.7 Å². The highest BCUT2D eigenvalue weighted by atomic mass is 16.2. The number of piperidine rings is 1. The van der Waals surface area contributed by atoms with Gasteiger partial charge in [-0.1, -0.05) is 0 Å². The molecule has 0 radical (unpaired) electrons. The Morgan fingerprint density at radius 2 is 1.92 bits per heavy atom. The molecule has 1 amide bonds. The first-order valence-corrected chi connectivity index (χ1v) is 8.28. The van der Waals surface area contributed by atoms with Crippen LogP contribution in [0.4, 0.5) is 11.8 Å². The molecule has 1 aliphatic heterocycles. The van der Waals surface area contributed by atoms with E-state index in [4.69, 9.17) is 5.26 Å². The summed E-state index contributed by atoms with van der Waals surface area (Å²) in [7, 11) is 1.70. The lowest BCUT2D eigenvalue weighted by atomic mass is 9.96. The monoisotopic (exact) mass is 339 g/mol. The smallest absolute Gasteiger partial charge is 0.228 e. The zero-order valence-electron chi connectivity index (χ0n) is 14.7. The third-order valence-electron chi connectivity index (χ3n) is 4.42. The van der Waals surface area contributed by atoms with Crippen molar-refractivity contribution in [1.82, 2.24) is 19.7 Å². The van der Waals surface area contributed by atoms with Crippen LogP contribution in [0.1, 0.15) is 29.8 Å². The van der Waals surface area contributed by atoms with Crippen molar-refractivity contribution in [3.05, 3.63) is 29.2 Å². The van der Waals surface area contributed by atoms with E-state index < -0.39 is 0 Å². The van der Waals surface area contributed by atoms with E-state index in [9.17, 15) is 4.79 Å². The van der Waals surface area contributed by atoms with Crippen LogP contribution < -0.4 is 10.2 Å². The van der Waals surface area contributed by atoms with Crippen LogP contribution in [-0.2, 0) is 11.8 Å². The van der Waals surface area contributed by atoms with E-state index in [1.165, 1.54) is 10.9 Å². The highest BCUT2D eigenvalue weighted by Gasteiger charge is 2.27. The molecule has 3 rings (SSSR count). The highest BCUT2D eigenvalue weighted by molar-refractivity contribution is 5.93. The molecule has 1 aliphatic rings. The number of aromatic nitrogens is 4. The number of hydrogen-bond donors (Lipinski definition) is 1. The number of rotatable bonds is 3. The highest BCUT2D eigenvalue weighted by Crippen LogP contribution is 2.23. The molecule has 3 heterocycles. The number of nitriles is 1. The quantitative estimate of drug-likeness (QED) is 0.911. The summed E-state index contributed by atoms with van der Waals surface area (Å²) in [6.45, 7) is 5.38. The van der Waals surface area contributed by atoms with Crippen molar-refractivity contribution in [1.29, 1.82) is 5.26 Å². The van der Waals surface area contributed by atoms with Gasteiger partial charge in [-0.05, 0) is 32.8 Å². The number of nitrogens with zero attached hydrogens (tertiary/aromatic N) is 6. The molecular formula is C17H21N7O. The van der Waals surface area contributed by atoms with Gasteiger partial charge in [0.25, 0.3) is 0 Å². The van der Waals surface area contributed by atoms with Crippen molar-refractivity contribution < 1.29 is 4.79 Å². The molecule has 2 aromatic heterocycles. The van der Waals surface area contributed by atoms with Crippen molar-refractivity contribution in [2.45, 2.75) is 26.7 Å². The first-order valence-electron chi connectivity index (χ1n) is 8.28. The molecule has 1 fully saturated rings. The van der Waals surface area contributed by atoms with Gasteiger partial charge in [0.05, 0.1) is 6.20 Å². The lowest BCUT2D eigenvalue weighted by molar-refractivity contribution is -0.120. The maximum atomic E-state index is 12.5. The topological polar surface area (TPSA) is 99.7 Å². The van der Waals surface area contributed by atoms with Crippen LogP contribution in [0, 0.1) is 31.1 Å². The first-order chi connectivity index (χ1) is 12.0. The number of carbonyl (C=O) groups is 1. The number of amides is 1. The fraction of sp³-hybridized carbons (Fsp3) is 0.471. The predicted molar refractivity (Wildman–Crippen MR) is 93.0 cm³/mol. The number of nitrogens with one attached hydrogen (secondary N) is 1. The van der Waals surface area contributed by atoms with Crippen molar-refractivity contribution in [2.24, 2.45) is 13.0 Å². The summed E-state index contributed by atoms with van der Waals surface area (Å²) in [5.74, 6) is 1.02. The number of hydrogen-bond acceptors (Lipinski definition) is 6. The molecule has 0 aliphatic carbocycles. The van der Waals surface area contributed by atoms with Crippen molar-refractivity contribution >= 4 is 17.7 Å². The molecule has 8 heteroatoms. The molecule has 1 saturated heterocycles. The molecule has 8 nitrogen and oxygen atoms in total. The van der Waals surface area contributed by atoms with E-state index in [1.807, 2.05) is 26.0 Å². The third kappa shape index (κ3) is 3.60. The molecule has 25 heavy (non-hydrogen) atoms. The second-order valence-electron chi connectivity index (χ2n) is 6.34. The summed E-state index contributed by atoms with van der Waals surface area (Å²) in [6.07, 6.45) is 2.90. The molecule has 0 unspecified atom stereocenters. The van der Waals surface area contributed by atoms with Gasteiger partial charge in [-0.2, -0.15) is 10.4 Å². The van der Waals surface area contributed by atoms with Crippen LogP contribution >= 0.6 is 0 Å². The van der Waals surface area contributed by atoms with Crippen molar-refractivity contribution in [2.75, 3.05) is 23.3 Å². The number of anilines is 2. The number of carbonyl (C=O) groups excluding carboxylic acids is 1. The van der Waals surface area contributed by atoms with E-state index in [-0.39, 0.29) is 11.8 Å². The Labute approximate surface area is 146 Å². The lowest BCUT2D eigenvalue weighted by Crippen LogP contribution is -2.39. The van der Waals surface area contributed by atoms with Crippen molar-refractivity contribution in [3.8, 4) is 6.07 Å². The van der Waals surface area contributed by atoms with Gasteiger partial charge in [0, 0.05) is 37.4 Å². The minimum absolute atomic E-state index is 0.0684. The van der Waals surface area contributed by atoms with Gasteiger partial charge in [0.15, 0.2) is 0 Å². The summed E-state index contributed by atoms with van der Waals surface area (Å²) in [4.78, 5) is 23.6. The normalized spacial score (nSPS) is 15.0. The van der Waals surface area contributed by atoms with E-state index in [2.05, 4.69) is 25.3 Å². The first kappa shape index (κ1) is 16.9. The van der Waals surface area contributed by atoms with Crippen LogP contribution in [0.25, 0.3) is 0 Å². The van der Waals surface area contributed by atoms with Gasteiger partial charge in [-0.25, -0.2) is 9.97 Å². The molecule has 0 aromatic carbocycles. The average Bonchev–Trinajstić information content (AvgIpc) is 2.94. The third-order valence-corrected chi connectivity index (χ3v) is 4.42. The SMILES string of the molecule is Cc1cc(C)nc(N2CCC(C(=O)Nc3c(C#N)cnn3C)CC2)n1. The summed E-state index contributed by atoms with van der Waals surface area (Å²) in [6, 6.07) is 3.99. The second-order valence-corrected chi connectivity index (χ2v) is 6.34. The molecule has 130 valence electrons. The lowest BCUT2D eigenvalue weighted by Gasteiger charge is -2.31. The molecule has 0 atom stereocenters. The van der Waals surface area contributed by atoms with Gasteiger partial charge in [0.1, 0.15) is 17.5 Å². The van der Waals surface area contributed by atoms with E-state index in [0.717, 1.165) is 43.3 Å². The molecule has 0 bridgehead atoms. The number of aryl methyl sites for hydroxylation is 3. The Hall–Kier alpha value is -2.95. The Morgan fingerprint density at radius 1 is 1.28 bits per heavy atom. The Balaban J connectivity index is 1.63. The minimum atomic E-state index is -0.0939. The van der Waals surface area contributed by atoms with Gasteiger partial charge >= 0.3 is 0 Å². The van der Waals surface area contributed by atoms with Crippen molar-refractivity contribution in [3.63, 3.8) is 0 Å². The Morgan fingerprint density at radius 3 is 2.52 bits per heavy atom. The van der Waals surface area contributed by atoms with Crippen LogP contribution in [0.2, 0.25) is 0 Å². The van der Waals surface area contributed by atoms with Gasteiger partial charge < -0.3 is 10.2 Å². The van der Waals surface area contributed by atoms with Crippen LogP contribution in [0.15, 0.2) is 12.3 Å². The van der Waals surface area contributed by atoms with Crippen LogP contribution in [0.3, 0.4) is 0 Å². The summed E-state index contributed by atoms with van der Waals surface area (Å²) in [5, 5.41) is 15.9. The molecule has 0 saturated carbocycles. The fourth-order valence-corrected chi connectivity index (χ4v) is 3.08. The largest absolute Gasteiger partial charge is 0.341 e. The summed E-state index contributed by atoms with van der Waals surface area (Å²) in [5.41, 5.74) is 2.27. The average molecular weight is 339 g/mol. The van der Waals surface area contributed by atoms with E-state index >= 15 is 0 Å². The van der Waals surface area contributed by atoms with Gasteiger partial charge in [0.2, 0.25) is 11.9 Å². The zero-order chi connectivity index (χ0) is 18.0. The van der Waals surface area contributed by atoms with Gasteiger partial charge in [-0.3, -0.25) is 9.48 Å². The minimum Gasteiger partial charge on any atom is -0.341 e. The Kier molecular flexibility index (Phi) is 4.65. The second kappa shape index (κ2) is 6.89. The zero-order valence-corrected chi connectivity index (χ0v) is 14.7. The molecular weight excluding hydrogens is 318 g/mol. The fourth-order valence-electron chi connectivity index (χ4n) is 3.08. The summed E-state index contributed by atoms with van der Waals surface area (Å²) < 4.78 is 1.51. The molecule has 2 aromatic rings. The van der Waals surface area contributed by atoms with E-state index in [0.29, 0.717) is 11.4 Å². The van der Waals surface area contributed by atoms with Gasteiger partial charge in [-0.15, -0.1) is 0 Å². The van der Waals surface area contributed by atoms with Crippen LogP contribution in [0.5, 0.6) is 0 Å². The maximum absolute atomic E-state index is 12.5. The maximum Gasteiger partial charge on any atom is 0.228 e.